The summed E-state index contributed by atoms with van der Waals surface area (Å²) in [7, 11) is 0. The average Bonchev–Trinajstić information content (AvgIpc) is 3.03. The topological polar surface area (TPSA) is 75.2 Å². The lowest BCUT2D eigenvalue weighted by atomic mass is 9.96. The molecular weight excluding hydrogens is 347 g/mol. The van der Waals surface area contributed by atoms with Gasteiger partial charge in [0.25, 0.3) is 0 Å². The Hall–Kier alpha value is -3.33. The Morgan fingerprint density at radius 1 is 1.30 bits per heavy atom. The molecule has 1 aromatic heterocycles. The molecule has 5 nitrogen and oxygen atoms in total. The SMILES string of the molecule is CC#CC(CC(=O)O)c1ccc(OC(C)c2cccc3c(F)[nH]nc23)cc1. The number of fused-ring (bicyclic) bond motifs is 1. The van der Waals surface area contributed by atoms with Crippen molar-refractivity contribution in [2.75, 3.05) is 0 Å². The Bertz CT molecular complexity index is 1020. The van der Waals surface area contributed by atoms with Gasteiger partial charge in [0.1, 0.15) is 17.4 Å². The van der Waals surface area contributed by atoms with Crippen LogP contribution in [-0.2, 0) is 4.79 Å². The summed E-state index contributed by atoms with van der Waals surface area (Å²) in [4.78, 5) is 11.0. The largest absolute Gasteiger partial charge is 0.486 e. The van der Waals surface area contributed by atoms with Crippen molar-refractivity contribution in [1.82, 2.24) is 10.2 Å². The van der Waals surface area contributed by atoms with Crippen LogP contribution in [0.5, 0.6) is 5.75 Å². The van der Waals surface area contributed by atoms with Crippen molar-refractivity contribution in [3.8, 4) is 17.6 Å². The number of carboxylic acid groups (broad SMARTS) is 1. The molecule has 27 heavy (non-hydrogen) atoms. The fourth-order valence-electron chi connectivity index (χ4n) is 3.00. The first-order valence-corrected chi connectivity index (χ1v) is 8.52. The van der Waals surface area contributed by atoms with Gasteiger partial charge in [-0.3, -0.25) is 9.89 Å². The number of aromatic nitrogens is 2. The number of ether oxygens (including phenoxy) is 1. The minimum atomic E-state index is -0.893. The van der Waals surface area contributed by atoms with Crippen molar-refractivity contribution in [2.24, 2.45) is 0 Å². The second kappa shape index (κ2) is 7.92. The number of halogens is 1. The molecule has 0 amide bonds. The van der Waals surface area contributed by atoms with E-state index in [4.69, 9.17) is 9.84 Å². The molecule has 0 bridgehead atoms. The summed E-state index contributed by atoms with van der Waals surface area (Å²) in [5, 5.41) is 15.8. The van der Waals surface area contributed by atoms with Gasteiger partial charge in [-0.05, 0) is 37.6 Å². The second-order valence-electron chi connectivity index (χ2n) is 6.15. The molecular formula is C21H19FN2O3. The highest BCUT2D eigenvalue weighted by molar-refractivity contribution is 5.82. The van der Waals surface area contributed by atoms with Crippen LogP contribution in [0.4, 0.5) is 4.39 Å². The van der Waals surface area contributed by atoms with Crippen LogP contribution >= 0.6 is 0 Å². The maximum Gasteiger partial charge on any atom is 0.304 e. The molecule has 2 atom stereocenters. The van der Waals surface area contributed by atoms with Gasteiger partial charge < -0.3 is 9.84 Å². The van der Waals surface area contributed by atoms with Crippen LogP contribution in [0.3, 0.4) is 0 Å². The molecule has 0 spiro atoms. The minimum Gasteiger partial charge on any atom is -0.486 e. The molecule has 2 aromatic carbocycles. The second-order valence-corrected chi connectivity index (χ2v) is 6.15. The zero-order valence-electron chi connectivity index (χ0n) is 15.0. The average molecular weight is 366 g/mol. The monoisotopic (exact) mass is 366 g/mol. The van der Waals surface area contributed by atoms with Gasteiger partial charge in [0.05, 0.1) is 17.7 Å². The summed E-state index contributed by atoms with van der Waals surface area (Å²) in [6.07, 6.45) is -0.392. The molecule has 138 valence electrons. The number of carboxylic acids is 1. The Kier molecular flexibility index (Phi) is 5.41. The number of nitrogens with zero attached hydrogens (tertiary/aromatic N) is 1. The lowest BCUT2D eigenvalue weighted by Crippen LogP contribution is -2.06. The number of aliphatic carboxylic acids is 1. The third-order valence-electron chi connectivity index (χ3n) is 4.30. The summed E-state index contributed by atoms with van der Waals surface area (Å²) in [6, 6.07) is 12.5. The number of hydrogen-bond acceptors (Lipinski definition) is 3. The number of para-hydroxylation sites is 1. The van der Waals surface area contributed by atoms with Crippen molar-refractivity contribution < 1.29 is 19.0 Å². The van der Waals surface area contributed by atoms with Crippen LogP contribution in [0.25, 0.3) is 10.9 Å². The van der Waals surface area contributed by atoms with E-state index < -0.39 is 11.9 Å². The fourth-order valence-corrected chi connectivity index (χ4v) is 3.00. The zero-order chi connectivity index (χ0) is 19.4. The van der Waals surface area contributed by atoms with Crippen molar-refractivity contribution in [1.29, 1.82) is 0 Å². The Morgan fingerprint density at radius 3 is 2.70 bits per heavy atom. The van der Waals surface area contributed by atoms with Gasteiger partial charge in [-0.1, -0.05) is 30.2 Å². The van der Waals surface area contributed by atoms with Crippen LogP contribution < -0.4 is 4.74 Å². The molecule has 2 unspecified atom stereocenters. The summed E-state index contributed by atoms with van der Waals surface area (Å²) in [5.41, 5.74) is 2.14. The number of carbonyl (C=O) groups is 1. The molecule has 0 aliphatic heterocycles. The van der Waals surface area contributed by atoms with Gasteiger partial charge in [-0.2, -0.15) is 9.49 Å². The van der Waals surface area contributed by atoms with E-state index in [1.54, 1.807) is 31.2 Å². The summed E-state index contributed by atoms with van der Waals surface area (Å²) < 4.78 is 19.6. The predicted molar refractivity (Wildman–Crippen MR) is 100.0 cm³/mol. The summed E-state index contributed by atoms with van der Waals surface area (Å²) in [5.74, 6) is 4.60. The molecule has 2 N–H and O–H groups in total. The molecule has 0 radical (unpaired) electrons. The van der Waals surface area contributed by atoms with Crippen LogP contribution in [0.15, 0.2) is 42.5 Å². The molecule has 0 fully saturated rings. The molecule has 3 aromatic rings. The van der Waals surface area contributed by atoms with Crippen LogP contribution in [-0.4, -0.2) is 21.3 Å². The van der Waals surface area contributed by atoms with E-state index in [0.717, 1.165) is 11.1 Å². The van der Waals surface area contributed by atoms with Crippen molar-refractivity contribution in [3.05, 3.63) is 59.5 Å². The van der Waals surface area contributed by atoms with Gasteiger partial charge in [-0.15, -0.1) is 5.92 Å². The third-order valence-corrected chi connectivity index (χ3v) is 4.30. The molecule has 6 heteroatoms. The maximum atomic E-state index is 13.7. The number of rotatable bonds is 6. The molecule has 0 saturated carbocycles. The number of aromatic amines is 1. The van der Waals surface area contributed by atoms with E-state index in [1.165, 1.54) is 0 Å². The minimum absolute atomic E-state index is 0.0514. The summed E-state index contributed by atoms with van der Waals surface area (Å²) >= 11 is 0. The first-order chi connectivity index (χ1) is 13.0. The zero-order valence-corrected chi connectivity index (χ0v) is 15.0. The molecule has 0 aliphatic carbocycles. The highest BCUT2D eigenvalue weighted by Gasteiger charge is 2.16. The summed E-state index contributed by atoms with van der Waals surface area (Å²) in [6.45, 7) is 3.55. The van der Waals surface area contributed by atoms with Gasteiger partial charge in [-0.25, -0.2) is 0 Å². The Morgan fingerprint density at radius 2 is 2.04 bits per heavy atom. The fraction of sp³-hybridized carbons (Fsp3) is 0.238. The Balaban J connectivity index is 1.79. The Labute approximate surface area is 156 Å². The standard InChI is InChI=1S/C21H19FN2O3/c1-3-5-15(12-19(25)26)14-8-10-16(11-9-14)27-13(2)17-6-4-7-18-20(17)23-24-21(18)22/h4,6-11,13,15H,12H2,1-2H3,(H,23,24)(H,25,26). The van der Waals surface area contributed by atoms with Gasteiger partial charge in [0.15, 0.2) is 0 Å². The van der Waals surface area contributed by atoms with Gasteiger partial charge >= 0.3 is 5.97 Å². The number of H-pyrrole nitrogens is 1. The van der Waals surface area contributed by atoms with E-state index >= 15 is 0 Å². The smallest absolute Gasteiger partial charge is 0.304 e. The van der Waals surface area contributed by atoms with Crippen LogP contribution in [0.2, 0.25) is 0 Å². The first-order valence-electron chi connectivity index (χ1n) is 8.52. The van der Waals surface area contributed by atoms with E-state index in [9.17, 15) is 9.18 Å². The lowest BCUT2D eigenvalue weighted by Gasteiger charge is -2.16. The lowest BCUT2D eigenvalue weighted by molar-refractivity contribution is -0.137. The van der Waals surface area contributed by atoms with Crippen LogP contribution in [0, 0.1) is 17.8 Å². The molecule has 3 rings (SSSR count). The van der Waals surface area contributed by atoms with Gasteiger partial charge in [0, 0.05) is 5.56 Å². The molecule has 0 saturated heterocycles. The highest BCUT2D eigenvalue weighted by atomic mass is 19.1. The highest BCUT2D eigenvalue weighted by Crippen LogP contribution is 2.29. The van der Waals surface area contributed by atoms with Gasteiger partial charge in [0.2, 0.25) is 5.95 Å². The van der Waals surface area contributed by atoms with E-state index in [-0.39, 0.29) is 18.4 Å². The van der Waals surface area contributed by atoms with Crippen LogP contribution in [0.1, 0.15) is 43.4 Å². The van der Waals surface area contributed by atoms with E-state index in [2.05, 4.69) is 22.0 Å². The third kappa shape index (κ3) is 4.09. The first kappa shape index (κ1) is 18.5. The number of nitrogens with one attached hydrogen (secondary N) is 1. The normalized spacial score (nSPS) is 12.9. The van der Waals surface area contributed by atoms with Crippen molar-refractivity contribution in [2.45, 2.75) is 32.3 Å². The quantitative estimate of drug-likeness (QED) is 0.633. The van der Waals surface area contributed by atoms with Crippen molar-refractivity contribution in [3.63, 3.8) is 0 Å². The van der Waals surface area contributed by atoms with E-state index in [0.29, 0.717) is 16.7 Å². The molecule has 1 heterocycles. The number of hydrogen-bond donors (Lipinski definition) is 2. The maximum absolute atomic E-state index is 13.7. The van der Waals surface area contributed by atoms with Crippen molar-refractivity contribution >= 4 is 16.9 Å². The van der Waals surface area contributed by atoms with E-state index in [1.807, 2.05) is 25.1 Å². The predicted octanol–water partition coefficient (Wildman–Crippen LogP) is 4.42. The number of benzene rings is 2. The molecule has 0 aliphatic rings.